The zero-order chi connectivity index (χ0) is 16.2. The number of nitrogen functional groups attached to an aromatic ring is 1. The summed E-state index contributed by atoms with van der Waals surface area (Å²) in [6.45, 7) is 0.456. The predicted octanol–water partition coefficient (Wildman–Crippen LogP) is 3.92. The van der Waals surface area contributed by atoms with Crippen molar-refractivity contribution in [2.45, 2.75) is 6.54 Å². The summed E-state index contributed by atoms with van der Waals surface area (Å²) in [5.74, 6) is 0.481. The molecule has 5 heteroatoms. The van der Waals surface area contributed by atoms with Crippen LogP contribution in [0.4, 0.5) is 10.1 Å². The molecule has 1 aromatic heterocycles. The molecule has 0 aliphatic heterocycles. The Hall–Kier alpha value is -3.26. The van der Waals surface area contributed by atoms with Gasteiger partial charge < -0.3 is 10.5 Å². The van der Waals surface area contributed by atoms with Crippen LogP contribution in [0.2, 0.25) is 0 Å². The number of nitrogens with zero attached hydrogens (tertiary/aromatic N) is 2. The van der Waals surface area contributed by atoms with Crippen LogP contribution < -0.4 is 10.5 Å². The smallest absolute Gasteiger partial charge is 0.224 e. The third-order valence-corrected chi connectivity index (χ3v) is 3.40. The van der Waals surface area contributed by atoms with Gasteiger partial charge in [-0.25, -0.2) is 4.39 Å². The van der Waals surface area contributed by atoms with Gasteiger partial charge in [-0.15, -0.1) is 0 Å². The minimum absolute atomic E-state index is 0.345. The number of nitrogens with two attached hydrogens (primary N) is 1. The van der Waals surface area contributed by atoms with E-state index in [0.717, 1.165) is 5.56 Å². The molecule has 0 atom stereocenters. The standard InChI is InChI=1S/C18H14FN3O/c19-14-6-8-16(9-7-14)23-18-17(21)10-15(11-20)22(18)12-13-4-2-1-3-5-13/h1-10H,12,21H2. The Balaban J connectivity index is 1.97. The molecule has 3 rings (SSSR count). The van der Waals surface area contributed by atoms with Crippen molar-refractivity contribution in [1.82, 2.24) is 4.57 Å². The number of benzene rings is 2. The summed E-state index contributed by atoms with van der Waals surface area (Å²) in [6.07, 6.45) is 0. The Kier molecular flexibility index (Phi) is 3.98. The maximum absolute atomic E-state index is 13.0. The van der Waals surface area contributed by atoms with Crippen LogP contribution in [0, 0.1) is 17.1 Å². The van der Waals surface area contributed by atoms with Gasteiger partial charge in [0.2, 0.25) is 5.88 Å². The van der Waals surface area contributed by atoms with E-state index >= 15 is 0 Å². The molecule has 0 spiro atoms. The lowest BCUT2D eigenvalue weighted by Crippen LogP contribution is -2.05. The number of nitriles is 1. The third-order valence-electron chi connectivity index (χ3n) is 3.40. The van der Waals surface area contributed by atoms with E-state index in [9.17, 15) is 9.65 Å². The molecule has 0 aliphatic carbocycles. The minimum Gasteiger partial charge on any atom is -0.439 e. The second kappa shape index (κ2) is 6.24. The van der Waals surface area contributed by atoms with E-state index < -0.39 is 0 Å². The monoisotopic (exact) mass is 307 g/mol. The van der Waals surface area contributed by atoms with Gasteiger partial charge in [-0.2, -0.15) is 5.26 Å². The van der Waals surface area contributed by atoms with Crippen LogP contribution in [0.1, 0.15) is 11.3 Å². The van der Waals surface area contributed by atoms with Crippen molar-refractivity contribution in [3.05, 3.63) is 77.7 Å². The number of hydrogen-bond acceptors (Lipinski definition) is 3. The molecule has 0 aliphatic rings. The van der Waals surface area contributed by atoms with Gasteiger partial charge in [-0.1, -0.05) is 30.3 Å². The summed E-state index contributed by atoms with van der Waals surface area (Å²) >= 11 is 0. The SMILES string of the molecule is N#Cc1cc(N)c(Oc2ccc(F)cc2)n1Cc1ccccc1. The van der Waals surface area contributed by atoms with E-state index in [4.69, 9.17) is 10.5 Å². The fourth-order valence-electron chi connectivity index (χ4n) is 2.30. The van der Waals surface area contributed by atoms with Crippen LogP contribution in [0.3, 0.4) is 0 Å². The van der Waals surface area contributed by atoms with Crippen molar-refractivity contribution in [3.63, 3.8) is 0 Å². The number of rotatable bonds is 4. The zero-order valence-electron chi connectivity index (χ0n) is 12.2. The van der Waals surface area contributed by atoms with Gasteiger partial charge in [-0.05, 0) is 29.8 Å². The van der Waals surface area contributed by atoms with E-state index in [2.05, 4.69) is 6.07 Å². The summed E-state index contributed by atoms with van der Waals surface area (Å²) in [7, 11) is 0. The highest BCUT2D eigenvalue weighted by atomic mass is 19.1. The average Bonchev–Trinajstić information content (AvgIpc) is 2.86. The summed E-state index contributed by atoms with van der Waals surface area (Å²) in [6, 6.07) is 19.0. The molecule has 0 unspecified atom stereocenters. The first kappa shape index (κ1) is 14.7. The molecule has 0 amide bonds. The highest BCUT2D eigenvalue weighted by molar-refractivity contribution is 5.56. The fourth-order valence-corrected chi connectivity index (χ4v) is 2.30. The highest BCUT2D eigenvalue weighted by Gasteiger charge is 2.15. The van der Waals surface area contributed by atoms with Crippen molar-refractivity contribution < 1.29 is 9.13 Å². The van der Waals surface area contributed by atoms with Gasteiger partial charge in [-0.3, -0.25) is 4.57 Å². The van der Waals surface area contributed by atoms with Crippen molar-refractivity contribution in [2.75, 3.05) is 5.73 Å². The van der Waals surface area contributed by atoms with E-state index in [1.54, 1.807) is 10.6 Å². The largest absolute Gasteiger partial charge is 0.439 e. The first-order chi connectivity index (χ1) is 11.2. The number of anilines is 1. The van der Waals surface area contributed by atoms with Gasteiger partial charge >= 0.3 is 0 Å². The molecule has 3 aromatic rings. The summed E-state index contributed by atoms with van der Waals surface area (Å²) in [5, 5.41) is 9.31. The average molecular weight is 307 g/mol. The van der Waals surface area contributed by atoms with Crippen molar-refractivity contribution in [2.24, 2.45) is 0 Å². The Morgan fingerprint density at radius 3 is 2.43 bits per heavy atom. The Morgan fingerprint density at radius 1 is 1.09 bits per heavy atom. The number of hydrogen-bond donors (Lipinski definition) is 1. The second-order valence-corrected chi connectivity index (χ2v) is 5.03. The van der Waals surface area contributed by atoms with E-state index in [1.807, 2.05) is 30.3 Å². The van der Waals surface area contributed by atoms with Gasteiger partial charge in [0, 0.05) is 6.07 Å². The van der Waals surface area contributed by atoms with E-state index in [1.165, 1.54) is 24.3 Å². The van der Waals surface area contributed by atoms with Crippen molar-refractivity contribution in [1.29, 1.82) is 5.26 Å². The summed E-state index contributed by atoms with van der Waals surface area (Å²) in [4.78, 5) is 0. The number of halogens is 1. The third kappa shape index (κ3) is 3.16. The molecule has 4 nitrogen and oxygen atoms in total. The van der Waals surface area contributed by atoms with Crippen LogP contribution in [0.15, 0.2) is 60.7 Å². The Bertz CT molecular complexity index is 848. The summed E-state index contributed by atoms with van der Waals surface area (Å²) < 4.78 is 20.5. The molecule has 2 aromatic carbocycles. The zero-order valence-corrected chi connectivity index (χ0v) is 12.2. The van der Waals surface area contributed by atoms with E-state index in [-0.39, 0.29) is 5.82 Å². The number of ether oxygens (including phenoxy) is 1. The quantitative estimate of drug-likeness (QED) is 0.794. The Morgan fingerprint density at radius 2 is 1.78 bits per heavy atom. The lowest BCUT2D eigenvalue weighted by atomic mass is 10.2. The van der Waals surface area contributed by atoms with E-state index in [0.29, 0.717) is 29.6 Å². The van der Waals surface area contributed by atoms with Crippen LogP contribution in [0.5, 0.6) is 11.6 Å². The van der Waals surface area contributed by atoms with Crippen molar-refractivity contribution >= 4 is 5.69 Å². The van der Waals surface area contributed by atoms with Crippen LogP contribution in [-0.4, -0.2) is 4.57 Å². The van der Waals surface area contributed by atoms with Crippen LogP contribution in [0.25, 0.3) is 0 Å². The van der Waals surface area contributed by atoms with Crippen LogP contribution >= 0.6 is 0 Å². The lowest BCUT2D eigenvalue weighted by molar-refractivity contribution is 0.436. The molecule has 0 bridgehead atoms. The second-order valence-electron chi connectivity index (χ2n) is 5.03. The number of aromatic nitrogens is 1. The van der Waals surface area contributed by atoms with Crippen LogP contribution in [-0.2, 0) is 6.54 Å². The lowest BCUT2D eigenvalue weighted by Gasteiger charge is -2.12. The molecular formula is C18H14FN3O. The normalized spacial score (nSPS) is 10.3. The summed E-state index contributed by atoms with van der Waals surface area (Å²) in [5.41, 5.74) is 7.76. The molecule has 0 saturated carbocycles. The molecule has 0 radical (unpaired) electrons. The first-order valence-corrected chi connectivity index (χ1v) is 7.04. The molecular weight excluding hydrogens is 293 g/mol. The fraction of sp³-hybridized carbons (Fsp3) is 0.0556. The maximum Gasteiger partial charge on any atom is 0.224 e. The van der Waals surface area contributed by atoms with Crippen molar-refractivity contribution in [3.8, 4) is 17.7 Å². The van der Waals surface area contributed by atoms with Gasteiger partial charge in [0.25, 0.3) is 0 Å². The maximum atomic E-state index is 13.0. The van der Waals surface area contributed by atoms with Gasteiger partial charge in [0.1, 0.15) is 23.3 Å². The molecule has 1 heterocycles. The molecule has 0 fully saturated rings. The van der Waals surface area contributed by atoms with Gasteiger partial charge in [0.15, 0.2) is 0 Å². The Labute approximate surface area is 133 Å². The molecule has 0 saturated heterocycles. The predicted molar refractivity (Wildman–Crippen MR) is 85.6 cm³/mol. The van der Waals surface area contributed by atoms with Gasteiger partial charge in [0.05, 0.1) is 12.2 Å². The minimum atomic E-state index is -0.345. The molecule has 23 heavy (non-hydrogen) atoms. The first-order valence-electron chi connectivity index (χ1n) is 7.04. The topological polar surface area (TPSA) is 64.0 Å². The highest BCUT2D eigenvalue weighted by Crippen LogP contribution is 2.31. The molecule has 114 valence electrons. The molecule has 2 N–H and O–H groups in total.